The Morgan fingerprint density at radius 2 is 2.04 bits per heavy atom. The third kappa shape index (κ3) is 4.54. The number of halogens is 2. The molecular weight excluding hydrogens is 466 g/mol. The van der Waals surface area contributed by atoms with Crippen LogP contribution in [0.15, 0.2) is 45.8 Å². The van der Waals surface area contributed by atoms with Crippen molar-refractivity contribution in [2.24, 2.45) is 0 Å². The largest absolute Gasteiger partial charge is 0.493 e. The molecule has 2 aromatic rings. The number of benzene rings is 2. The second kappa shape index (κ2) is 9.03. The summed E-state index contributed by atoms with van der Waals surface area (Å²) >= 11 is 10.4. The molecule has 0 aliphatic carbocycles. The van der Waals surface area contributed by atoms with Crippen molar-refractivity contribution in [3.05, 3.63) is 61.9 Å². The Labute approximate surface area is 180 Å². The summed E-state index contributed by atoms with van der Waals surface area (Å²) in [6.45, 7) is 2.56. The van der Waals surface area contributed by atoms with Gasteiger partial charge < -0.3 is 9.47 Å². The molecule has 5 nitrogen and oxygen atoms in total. The fraction of sp³-hybridized carbons (Fsp3) is 0.200. The van der Waals surface area contributed by atoms with Crippen LogP contribution in [0.25, 0.3) is 6.08 Å². The van der Waals surface area contributed by atoms with Gasteiger partial charge in [-0.15, -0.1) is 0 Å². The molecule has 28 heavy (non-hydrogen) atoms. The highest BCUT2D eigenvalue weighted by Crippen LogP contribution is 2.39. The molecule has 1 heterocycles. The van der Waals surface area contributed by atoms with E-state index in [1.165, 1.54) is 4.90 Å². The number of carbonyl (C=O) groups is 2. The van der Waals surface area contributed by atoms with Crippen molar-refractivity contribution in [1.82, 2.24) is 4.90 Å². The van der Waals surface area contributed by atoms with Crippen molar-refractivity contribution in [2.45, 2.75) is 13.5 Å². The van der Waals surface area contributed by atoms with Gasteiger partial charge in [0, 0.05) is 5.02 Å². The fourth-order valence-corrected chi connectivity index (χ4v) is 4.34. The van der Waals surface area contributed by atoms with Crippen LogP contribution in [-0.2, 0) is 11.3 Å². The number of thioether (sulfide) groups is 1. The van der Waals surface area contributed by atoms with Gasteiger partial charge in [0.1, 0.15) is 0 Å². The normalized spacial score (nSPS) is 15.4. The lowest BCUT2D eigenvalue weighted by Crippen LogP contribution is -2.27. The Bertz CT molecular complexity index is 963. The first kappa shape index (κ1) is 20.8. The molecule has 0 aromatic heterocycles. The maximum Gasteiger partial charge on any atom is 0.293 e. The molecule has 0 N–H and O–H groups in total. The zero-order chi connectivity index (χ0) is 20.3. The molecule has 0 saturated carbocycles. The molecule has 0 unspecified atom stereocenters. The van der Waals surface area contributed by atoms with Gasteiger partial charge >= 0.3 is 0 Å². The van der Waals surface area contributed by atoms with Gasteiger partial charge in [-0.25, -0.2) is 0 Å². The van der Waals surface area contributed by atoms with Crippen LogP contribution in [0, 0.1) is 0 Å². The minimum absolute atomic E-state index is 0.179. The van der Waals surface area contributed by atoms with Crippen molar-refractivity contribution >= 4 is 56.5 Å². The first-order chi connectivity index (χ1) is 13.4. The monoisotopic (exact) mass is 481 g/mol. The lowest BCUT2D eigenvalue weighted by Gasteiger charge is -2.13. The van der Waals surface area contributed by atoms with Gasteiger partial charge in [-0.05, 0) is 76.1 Å². The Balaban J connectivity index is 1.86. The molecule has 2 aromatic carbocycles. The highest BCUT2D eigenvalue weighted by atomic mass is 79.9. The Kier molecular flexibility index (Phi) is 6.69. The summed E-state index contributed by atoms with van der Waals surface area (Å²) in [6, 6.07) is 10.7. The molecule has 0 spiro atoms. The van der Waals surface area contributed by atoms with E-state index in [1.54, 1.807) is 37.5 Å². The molecule has 1 aliphatic heterocycles. The van der Waals surface area contributed by atoms with Crippen LogP contribution in [0.5, 0.6) is 11.5 Å². The third-order valence-electron chi connectivity index (χ3n) is 3.94. The van der Waals surface area contributed by atoms with Crippen molar-refractivity contribution in [1.29, 1.82) is 0 Å². The van der Waals surface area contributed by atoms with Gasteiger partial charge in [0.05, 0.1) is 29.6 Å². The molecule has 2 amide bonds. The topological polar surface area (TPSA) is 55.8 Å². The van der Waals surface area contributed by atoms with E-state index in [0.717, 1.165) is 22.9 Å². The van der Waals surface area contributed by atoms with Crippen LogP contribution in [0.2, 0.25) is 5.02 Å². The summed E-state index contributed by atoms with van der Waals surface area (Å²) in [6.07, 6.45) is 1.67. The van der Waals surface area contributed by atoms with Crippen LogP contribution in [0.3, 0.4) is 0 Å². The first-order valence-corrected chi connectivity index (χ1v) is 10.4. The maximum absolute atomic E-state index is 12.7. The molecule has 146 valence electrons. The van der Waals surface area contributed by atoms with Gasteiger partial charge in [0.15, 0.2) is 11.5 Å². The van der Waals surface area contributed by atoms with E-state index >= 15 is 0 Å². The molecule has 0 bridgehead atoms. The number of carbonyl (C=O) groups excluding carboxylic acids is 2. The average Bonchev–Trinajstić information content (AvgIpc) is 2.91. The zero-order valence-electron chi connectivity index (χ0n) is 15.2. The third-order valence-corrected chi connectivity index (χ3v) is 5.67. The Morgan fingerprint density at radius 1 is 1.25 bits per heavy atom. The van der Waals surface area contributed by atoms with Crippen molar-refractivity contribution in [3.8, 4) is 11.5 Å². The summed E-state index contributed by atoms with van der Waals surface area (Å²) < 4.78 is 11.7. The maximum atomic E-state index is 12.7. The fourth-order valence-electron chi connectivity index (χ4n) is 2.71. The highest BCUT2D eigenvalue weighted by molar-refractivity contribution is 9.10. The molecular formula is C20H17BrClNO4S. The second-order valence-electron chi connectivity index (χ2n) is 5.86. The quantitative estimate of drug-likeness (QED) is 0.491. The SMILES string of the molecule is CCOc1c(Br)cc(/C=C2\SC(=O)N(Cc3cccc(Cl)c3)C2=O)cc1OC. The average molecular weight is 483 g/mol. The summed E-state index contributed by atoms with van der Waals surface area (Å²) in [4.78, 5) is 26.6. The van der Waals surface area contributed by atoms with Crippen LogP contribution in [0.1, 0.15) is 18.1 Å². The van der Waals surface area contributed by atoms with E-state index in [9.17, 15) is 9.59 Å². The number of rotatable bonds is 6. The minimum atomic E-state index is -0.334. The van der Waals surface area contributed by atoms with E-state index in [1.807, 2.05) is 19.1 Å². The number of imide groups is 1. The Hall–Kier alpha value is -1.96. The van der Waals surface area contributed by atoms with E-state index in [0.29, 0.717) is 32.5 Å². The number of nitrogens with zero attached hydrogens (tertiary/aromatic N) is 1. The Morgan fingerprint density at radius 3 is 2.71 bits per heavy atom. The predicted octanol–water partition coefficient (Wildman–Crippen LogP) is 5.75. The van der Waals surface area contributed by atoms with Crippen LogP contribution in [-0.4, -0.2) is 29.8 Å². The number of methoxy groups -OCH3 is 1. The summed E-state index contributed by atoms with van der Waals surface area (Å²) in [7, 11) is 1.55. The highest BCUT2D eigenvalue weighted by Gasteiger charge is 2.35. The molecule has 0 radical (unpaired) electrons. The molecule has 1 aliphatic rings. The summed E-state index contributed by atoms with van der Waals surface area (Å²) in [5.41, 5.74) is 1.52. The molecule has 1 saturated heterocycles. The molecule has 0 atom stereocenters. The lowest BCUT2D eigenvalue weighted by molar-refractivity contribution is -0.123. The van der Waals surface area contributed by atoms with E-state index in [-0.39, 0.29) is 17.7 Å². The summed E-state index contributed by atoms with van der Waals surface area (Å²) in [5.74, 6) is 0.802. The van der Waals surface area contributed by atoms with Gasteiger partial charge in [0.2, 0.25) is 0 Å². The standard InChI is InChI=1S/C20H17BrClNO4S/c1-3-27-18-15(21)8-13(9-16(18)26-2)10-17-19(24)23(20(25)28-17)11-12-5-4-6-14(22)7-12/h4-10H,3,11H2,1-2H3/b17-10-. The van der Waals surface area contributed by atoms with E-state index < -0.39 is 0 Å². The van der Waals surface area contributed by atoms with E-state index in [2.05, 4.69) is 15.9 Å². The molecule has 1 fully saturated rings. The zero-order valence-corrected chi connectivity index (χ0v) is 18.4. The lowest BCUT2D eigenvalue weighted by atomic mass is 10.1. The van der Waals surface area contributed by atoms with Gasteiger partial charge in [-0.2, -0.15) is 0 Å². The van der Waals surface area contributed by atoms with Crippen LogP contribution < -0.4 is 9.47 Å². The van der Waals surface area contributed by atoms with Crippen LogP contribution >= 0.6 is 39.3 Å². The van der Waals surface area contributed by atoms with Crippen LogP contribution in [0.4, 0.5) is 4.79 Å². The van der Waals surface area contributed by atoms with Gasteiger partial charge in [-0.1, -0.05) is 23.7 Å². The number of ether oxygens (including phenoxy) is 2. The van der Waals surface area contributed by atoms with Gasteiger partial charge in [-0.3, -0.25) is 14.5 Å². The van der Waals surface area contributed by atoms with Crippen molar-refractivity contribution in [3.63, 3.8) is 0 Å². The second-order valence-corrected chi connectivity index (χ2v) is 8.15. The van der Waals surface area contributed by atoms with Crippen molar-refractivity contribution < 1.29 is 19.1 Å². The minimum Gasteiger partial charge on any atom is -0.493 e. The smallest absolute Gasteiger partial charge is 0.293 e. The van der Waals surface area contributed by atoms with E-state index in [4.69, 9.17) is 21.1 Å². The number of amides is 2. The molecule has 3 rings (SSSR count). The van der Waals surface area contributed by atoms with Gasteiger partial charge in [0.25, 0.3) is 11.1 Å². The number of hydrogen-bond donors (Lipinski definition) is 0. The number of hydrogen-bond acceptors (Lipinski definition) is 5. The first-order valence-electron chi connectivity index (χ1n) is 8.43. The molecule has 8 heteroatoms. The predicted molar refractivity (Wildman–Crippen MR) is 115 cm³/mol. The van der Waals surface area contributed by atoms with Crippen molar-refractivity contribution in [2.75, 3.05) is 13.7 Å². The summed E-state index contributed by atoms with van der Waals surface area (Å²) in [5, 5.41) is 0.250.